The van der Waals surface area contributed by atoms with Gasteiger partial charge >= 0.3 is 0 Å². The van der Waals surface area contributed by atoms with Crippen LogP contribution < -0.4 is 4.74 Å². The molecule has 24 heavy (non-hydrogen) atoms. The number of hydrogen-bond acceptors (Lipinski definition) is 5. The molecule has 118 valence electrons. The van der Waals surface area contributed by atoms with Gasteiger partial charge in [0.05, 0.1) is 11.6 Å². The van der Waals surface area contributed by atoms with Crippen LogP contribution in [0.1, 0.15) is 16.8 Å². The molecule has 2 heterocycles. The zero-order valence-electron chi connectivity index (χ0n) is 13.1. The molecule has 0 fully saturated rings. The number of halogens is 1. The number of nitriles is 1. The summed E-state index contributed by atoms with van der Waals surface area (Å²) in [7, 11) is 0. The molecule has 6 heteroatoms. The van der Waals surface area contributed by atoms with Crippen molar-refractivity contribution < 1.29 is 9.13 Å². The zero-order valence-corrected chi connectivity index (χ0v) is 13.1. The molecule has 0 aliphatic carbocycles. The number of rotatable bonds is 3. The predicted octanol–water partition coefficient (Wildman–Crippen LogP) is 3.96. The number of nitrogens with zero attached hydrogens (tertiary/aromatic N) is 4. The minimum Gasteiger partial charge on any atom is -0.436 e. The Morgan fingerprint density at radius 1 is 1.08 bits per heavy atom. The summed E-state index contributed by atoms with van der Waals surface area (Å²) in [6, 6.07) is 9.49. The van der Waals surface area contributed by atoms with Crippen LogP contribution in [0.2, 0.25) is 0 Å². The Balaban J connectivity index is 2.02. The van der Waals surface area contributed by atoms with E-state index >= 15 is 0 Å². The summed E-state index contributed by atoms with van der Waals surface area (Å²) < 4.78 is 19.7. The first-order chi connectivity index (χ1) is 11.6. The van der Waals surface area contributed by atoms with E-state index < -0.39 is 5.82 Å². The summed E-state index contributed by atoms with van der Waals surface area (Å²) in [5.74, 6) is 0.147. The van der Waals surface area contributed by atoms with Gasteiger partial charge in [-0.15, -0.1) is 0 Å². The van der Waals surface area contributed by atoms with Gasteiger partial charge in [0.1, 0.15) is 0 Å². The van der Waals surface area contributed by atoms with Crippen LogP contribution in [0.25, 0.3) is 11.4 Å². The molecule has 0 aliphatic rings. The number of aromatic nitrogens is 3. The van der Waals surface area contributed by atoms with Crippen LogP contribution in [0.15, 0.2) is 42.7 Å². The van der Waals surface area contributed by atoms with Gasteiger partial charge < -0.3 is 4.74 Å². The van der Waals surface area contributed by atoms with Crippen molar-refractivity contribution in [3.63, 3.8) is 0 Å². The lowest BCUT2D eigenvalue weighted by Gasteiger charge is -2.12. The van der Waals surface area contributed by atoms with Gasteiger partial charge in [-0.1, -0.05) is 0 Å². The molecule has 0 saturated heterocycles. The van der Waals surface area contributed by atoms with Crippen molar-refractivity contribution in [2.75, 3.05) is 0 Å². The number of ether oxygens (including phenoxy) is 1. The van der Waals surface area contributed by atoms with Crippen molar-refractivity contribution in [3.8, 4) is 29.1 Å². The molecule has 1 aromatic carbocycles. The fraction of sp³-hybridized carbons (Fsp3) is 0.111. The van der Waals surface area contributed by atoms with E-state index in [0.717, 1.165) is 22.9 Å². The van der Waals surface area contributed by atoms with Crippen molar-refractivity contribution in [3.05, 3.63) is 65.4 Å². The Bertz CT molecular complexity index is 936. The van der Waals surface area contributed by atoms with Gasteiger partial charge in [0.15, 0.2) is 17.4 Å². The number of aryl methyl sites for hydroxylation is 1. The van der Waals surface area contributed by atoms with Crippen molar-refractivity contribution in [1.29, 1.82) is 5.26 Å². The fourth-order valence-electron chi connectivity index (χ4n) is 2.09. The average molecular weight is 320 g/mol. The molecule has 0 aliphatic heterocycles. The molecule has 0 spiro atoms. The third-order valence-corrected chi connectivity index (χ3v) is 3.55. The van der Waals surface area contributed by atoms with Crippen molar-refractivity contribution >= 4 is 0 Å². The van der Waals surface area contributed by atoms with Crippen LogP contribution in [0, 0.1) is 31.0 Å². The van der Waals surface area contributed by atoms with E-state index in [1.807, 2.05) is 19.9 Å². The average Bonchev–Trinajstić information content (AvgIpc) is 2.61. The second-order valence-electron chi connectivity index (χ2n) is 5.16. The summed E-state index contributed by atoms with van der Waals surface area (Å²) in [4.78, 5) is 12.8. The molecule has 5 nitrogen and oxygen atoms in total. The first kappa shape index (κ1) is 15.6. The van der Waals surface area contributed by atoms with Crippen LogP contribution in [-0.2, 0) is 0 Å². The number of pyridine rings is 1. The highest BCUT2D eigenvalue weighted by Crippen LogP contribution is 2.29. The van der Waals surface area contributed by atoms with Crippen molar-refractivity contribution in [1.82, 2.24) is 15.0 Å². The Morgan fingerprint density at radius 2 is 1.83 bits per heavy atom. The molecular weight excluding hydrogens is 307 g/mol. The van der Waals surface area contributed by atoms with Crippen LogP contribution in [0.3, 0.4) is 0 Å². The third-order valence-electron chi connectivity index (χ3n) is 3.55. The maximum atomic E-state index is 14.1. The standard InChI is InChI=1S/C18H13FN4O/c1-11-12(2)22-17(14-5-7-21-8-6-14)23-18(11)24-16-4-3-13(10-20)9-15(16)19/h3-9H,1-2H3. The molecule has 0 N–H and O–H groups in total. The van der Waals surface area contributed by atoms with Crippen LogP contribution in [0.5, 0.6) is 11.6 Å². The summed E-state index contributed by atoms with van der Waals surface area (Å²) >= 11 is 0. The minimum absolute atomic E-state index is 0.0101. The van der Waals surface area contributed by atoms with Gasteiger partial charge in [-0.25, -0.2) is 9.37 Å². The minimum atomic E-state index is -0.616. The lowest BCUT2D eigenvalue weighted by molar-refractivity contribution is 0.423. The Morgan fingerprint density at radius 3 is 2.50 bits per heavy atom. The van der Waals surface area contributed by atoms with Crippen LogP contribution in [-0.4, -0.2) is 15.0 Å². The highest BCUT2D eigenvalue weighted by atomic mass is 19.1. The van der Waals surface area contributed by atoms with Crippen LogP contribution in [0.4, 0.5) is 4.39 Å². The topological polar surface area (TPSA) is 71.7 Å². The quantitative estimate of drug-likeness (QED) is 0.730. The highest BCUT2D eigenvalue weighted by Gasteiger charge is 2.14. The molecule has 0 atom stereocenters. The molecule has 0 saturated carbocycles. The largest absolute Gasteiger partial charge is 0.436 e. The molecule has 3 rings (SSSR count). The summed E-state index contributed by atoms with van der Waals surface area (Å²) in [5.41, 5.74) is 2.48. The highest BCUT2D eigenvalue weighted by molar-refractivity contribution is 5.55. The first-order valence-electron chi connectivity index (χ1n) is 7.21. The maximum absolute atomic E-state index is 14.1. The Hall–Kier alpha value is -3.33. The van der Waals surface area contributed by atoms with E-state index in [0.29, 0.717) is 5.82 Å². The Kier molecular flexibility index (Phi) is 4.17. The predicted molar refractivity (Wildman–Crippen MR) is 85.9 cm³/mol. The summed E-state index contributed by atoms with van der Waals surface area (Å²) in [6.07, 6.45) is 3.30. The molecule has 0 bridgehead atoms. The van der Waals surface area contributed by atoms with Gasteiger partial charge in [0, 0.05) is 29.2 Å². The van der Waals surface area contributed by atoms with Gasteiger partial charge in [-0.05, 0) is 44.2 Å². The number of benzene rings is 1. The van der Waals surface area contributed by atoms with E-state index in [9.17, 15) is 4.39 Å². The molecule has 0 unspecified atom stereocenters. The first-order valence-corrected chi connectivity index (χ1v) is 7.21. The van der Waals surface area contributed by atoms with Crippen molar-refractivity contribution in [2.24, 2.45) is 0 Å². The SMILES string of the molecule is Cc1nc(-c2ccncc2)nc(Oc2ccc(C#N)cc2F)c1C. The smallest absolute Gasteiger partial charge is 0.226 e. The number of hydrogen-bond donors (Lipinski definition) is 0. The van der Waals surface area contributed by atoms with Gasteiger partial charge in [-0.3, -0.25) is 4.98 Å². The van der Waals surface area contributed by atoms with E-state index in [4.69, 9.17) is 10.00 Å². The van der Waals surface area contributed by atoms with Crippen molar-refractivity contribution in [2.45, 2.75) is 13.8 Å². The van der Waals surface area contributed by atoms with Gasteiger partial charge in [0.2, 0.25) is 5.88 Å². The fourth-order valence-corrected chi connectivity index (χ4v) is 2.09. The molecule has 2 aromatic heterocycles. The maximum Gasteiger partial charge on any atom is 0.226 e. The molecular formula is C18H13FN4O. The summed E-state index contributed by atoms with van der Waals surface area (Å²) in [5, 5.41) is 8.80. The van der Waals surface area contributed by atoms with Gasteiger partial charge in [-0.2, -0.15) is 10.2 Å². The Labute approximate surface area is 138 Å². The summed E-state index contributed by atoms with van der Waals surface area (Å²) in [6.45, 7) is 3.65. The van der Waals surface area contributed by atoms with Gasteiger partial charge in [0.25, 0.3) is 0 Å². The zero-order chi connectivity index (χ0) is 17.1. The van der Waals surface area contributed by atoms with E-state index in [1.54, 1.807) is 24.5 Å². The van der Waals surface area contributed by atoms with E-state index in [-0.39, 0.29) is 17.2 Å². The van der Waals surface area contributed by atoms with E-state index in [2.05, 4.69) is 15.0 Å². The molecule has 3 aromatic rings. The lowest BCUT2D eigenvalue weighted by atomic mass is 10.2. The normalized spacial score (nSPS) is 10.2. The molecule has 0 amide bonds. The molecule has 0 radical (unpaired) electrons. The van der Waals surface area contributed by atoms with Crippen LogP contribution >= 0.6 is 0 Å². The second kappa shape index (κ2) is 6.42. The third kappa shape index (κ3) is 3.06. The lowest BCUT2D eigenvalue weighted by Crippen LogP contribution is -2.01. The van der Waals surface area contributed by atoms with E-state index in [1.165, 1.54) is 12.1 Å². The second-order valence-corrected chi connectivity index (χ2v) is 5.16. The monoisotopic (exact) mass is 320 g/mol.